The molecule has 7 heteroatoms. The lowest BCUT2D eigenvalue weighted by Gasteiger charge is -2.15. The largest absolute Gasteiger partial charge is 0.507 e. The first kappa shape index (κ1) is 22.1. The number of halogens is 1. The highest BCUT2D eigenvalue weighted by Gasteiger charge is 2.46. The van der Waals surface area contributed by atoms with E-state index in [1.165, 1.54) is 0 Å². The second-order valence-corrected chi connectivity index (χ2v) is 11.1. The van der Waals surface area contributed by atoms with Crippen LogP contribution < -0.4 is 4.74 Å². The monoisotopic (exact) mass is 504 g/mol. The predicted molar refractivity (Wildman–Crippen MR) is 125 cm³/mol. The molecule has 0 bridgehead atoms. The van der Waals surface area contributed by atoms with Crippen molar-refractivity contribution in [3.8, 4) is 11.5 Å². The number of allylic oxidation sites excluding steroid dienone is 1. The van der Waals surface area contributed by atoms with E-state index in [0.29, 0.717) is 6.42 Å². The molecule has 164 valence electrons. The normalized spacial score (nSPS) is 22.6. The summed E-state index contributed by atoms with van der Waals surface area (Å²) in [5.74, 6) is 0.990. The van der Waals surface area contributed by atoms with Crippen molar-refractivity contribution in [1.82, 2.24) is 0 Å². The topological polar surface area (TPSA) is 72.8 Å². The smallest absolute Gasteiger partial charge is 0.163 e. The standard InChI is InChI=1S/C24H25BrO5S/c1-16(11-17-12-19(25)8-9-21(17)26)7-10-22-24-18(13-29-20-5-3-2-4-6-20)15-31(27,28)23(24)14-30-22/h2-6,8-9,11-12,22-23,26H,7,10,13-15H2,1H3/b16-11+/t22-,23+/m1/s1. The molecule has 1 saturated heterocycles. The summed E-state index contributed by atoms with van der Waals surface area (Å²) in [5.41, 5.74) is 3.54. The highest BCUT2D eigenvalue weighted by atomic mass is 79.9. The van der Waals surface area contributed by atoms with E-state index in [4.69, 9.17) is 9.47 Å². The van der Waals surface area contributed by atoms with Crippen LogP contribution in [-0.2, 0) is 14.6 Å². The van der Waals surface area contributed by atoms with Crippen LogP contribution in [0.4, 0.5) is 0 Å². The van der Waals surface area contributed by atoms with Gasteiger partial charge in [0.15, 0.2) is 9.84 Å². The van der Waals surface area contributed by atoms with Gasteiger partial charge in [-0.2, -0.15) is 0 Å². The fourth-order valence-corrected chi connectivity index (χ4v) is 6.46. The van der Waals surface area contributed by atoms with Gasteiger partial charge in [0.25, 0.3) is 0 Å². The Morgan fingerprint density at radius 3 is 2.81 bits per heavy atom. The minimum absolute atomic E-state index is 0.0421. The lowest BCUT2D eigenvalue weighted by molar-refractivity contribution is 0.117. The second-order valence-electron chi connectivity index (χ2n) is 8.01. The summed E-state index contributed by atoms with van der Waals surface area (Å²) in [6.45, 7) is 2.48. The van der Waals surface area contributed by atoms with E-state index in [0.717, 1.165) is 38.9 Å². The molecular weight excluding hydrogens is 480 g/mol. The van der Waals surface area contributed by atoms with Crippen molar-refractivity contribution in [3.05, 3.63) is 75.3 Å². The zero-order valence-electron chi connectivity index (χ0n) is 17.3. The van der Waals surface area contributed by atoms with Crippen LogP contribution in [0.1, 0.15) is 25.3 Å². The van der Waals surface area contributed by atoms with Crippen molar-refractivity contribution in [2.75, 3.05) is 19.0 Å². The third kappa shape index (κ3) is 5.05. The molecule has 1 fully saturated rings. The van der Waals surface area contributed by atoms with Gasteiger partial charge in [-0.1, -0.05) is 45.8 Å². The molecule has 2 atom stereocenters. The molecule has 0 radical (unpaired) electrons. The van der Waals surface area contributed by atoms with Crippen LogP contribution in [0, 0.1) is 0 Å². The molecular formula is C24H25BrO5S. The first-order valence-corrected chi connectivity index (χ1v) is 12.7. The molecule has 0 aliphatic carbocycles. The number of hydrogen-bond donors (Lipinski definition) is 1. The van der Waals surface area contributed by atoms with Crippen LogP contribution >= 0.6 is 15.9 Å². The van der Waals surface area contributed by atoms with Crippen LogP contribution in [0.15, 0.2) is 69.7 Å². The number of phenolic OH excluding ortho intramolecular Hbond substituents is 1. The SMILES string of the molecule is C/C(=C\c1cc(Br)ccc1O)CC[C@H]1OC[C@H]2C1=C(COc1ccccc1)CS2(=O)=O. The summed E-state index contributed by atoms with van der Waals surface area (Å²) in [4.78, 5) is 0. The van der Waals surface area contributed by atoms with Gasteiger partial charge in [0.1, 0.15) is 23.4 Å². The van der Waals surface area contributed by atoms with Crippen LogP contribution in [0.5, 0.6) is 11.5 Å². The number of ether oxygens (including phenoxy) is 2. The maximum Gasteiger partial charge on any atom is 0.163 e. The maximum atomic E-state index is 12.6. The van der Waals surface area contributed by atoms with Crippen LogP contribution in [-0.4, -0.2) is 43.8 Å². The van der Waals surface area contributed by atoms with Crippen LogP contribution in [0.3, 0.4) is 0 Å². The first-order chi connectivity index (χ1) is 14.8. The van der Waals surface area contributed by atoms with Gasteiger partial charge in [0.2, 0.25) is 0 Å². The average molecular weight is 505 g/mol. The van der Waals surface area contributed by atoms with Gasteiger partial charge in [-0.05, 0) is 61.2 Å². The van der Waals surface area contributed by atoms with Crippen molar-refractivity contribution in [2.45, 2.75) is 31.1 Å². The number of benzene rings is 2. The summed E-state index contributed by atoms with van der Waals surface area (Å²) in [6, 6.07) is 14.7. The van der Waals surface area contributed by atoms with E-state index in [9.17, 15) is 13.5 Å². The summed E-state index contributed by atoms with van der Waals surface area (Å²) >= 11 is 3.42. The van der Waals surface area contributed by atoms with Gasteiger partial charge in [0.05, 0.1) is 18.5 Å². The quantitative estimate of drug-likeness (QED) is 0.542. The maximum absolute atomic E-state index is 12.6. The Labute approximate surface area is 191 Å². The lowest BCUT2D eigenvalue weighted by atomic mass is 9.97. The third-order valence-corrected chi connectivity index (χ3v) is 8.21. The van der Waals surface area contributed by atoms with Crippen molar-refractivity contribution in [3.63, 3.8) is 0 Å². The number of rotatable bonds is 7. The minimum Gasteiger partial charge on any atom is -0.507 e. The number of phenols is 1. The molecule has 4 rings (SSSR count). The number of aromatic hydroxyl groups is 1. The zero-order valence-corrected chi connectivity index (χ0v) is 19.7. The summed E-state index contributed by atoms with van der Waals surface area (Å²) in [7, 11) is -3.24. The first-order valence-electron chi connectivity index (χ1n) is 10.2. The molecule has 0 spiro atoms. The number of sulfone groups is 1. The highest BCUT2D eigenvalue weighted by Crippen LogP contribution is 2.39. The third-order valence-electron chi connectivity index (χ3n) is 5.71. The number of fused-ring (bicyclic) bond motifs is 1. The molecule has 2 heterocycles. The Morgan fingerprint density at radius 2 is 2.03 bits per heavy atom. The molecule has 0 unspecified atom stereocenters. The molecule has 0 saturated carbocycles. The Hall–Kier alpha value is -2.09. The fraction of sp³-hybridized carbons (Fsp3) is 0.333. The van der Waals surface area contributed by atoms with Crippen molar-refractivity contribution in [1.29, 1.82) is 0 Å². The zero-order chi connectivity index (χ0) is 22.0. The van der Waals surface area contributed by atoms with Gasteiger partial charge in [-0.3, -0.25) is 0 Å². The Kier molecular flexibility index (Phi) is 6.55. The van der Waals surface area contributed by atoms with E-state index in [1.54, 1.807) is 12.1 Å². The Morgan fingerprint density at radius 1 is 1.26 bits per heavy atom. The van der Waals surface area contributed by atoms with Gasteiger partial charge in [-0.15, -0.1) is 0 Å². The van der Waals surface area contributed by atoms with Crippen LogP contribution in [0.2, 0.25) is 0 Å². The van der Waals surface area contributed by atoms with Crippen LogP contribution in [0.25, 0.3) is 6.08 Å². The molecule has 0 amide bonds. The minimum atomic E-state index is -3.24. The number of hydrogen-bond acceptors (Lipinski definition) is 5. The van der Waals surface area contributed by atoms with Crippen molar-refractivity contribution >= 4 is 31.8 Å². The summed E-state index contributed by atoms with van der Waals surface area (Å²) in [6.07, 6.45) is 3.15. The van der Waals surface area contributed by atoms with Gasteiger partial charge >= 0.3 is 0 Å². The molecule has 2 aliphatic heterocycles. The average Bonchev–Trinajstić information content (AvgIpc) is 3.28. The van der Waals surface area contributed by atoms with Crippen molar-refractivity contribution in [2.24, 2.45) is 0 Å². The fourth-order valence-electron chi connectivity index (χ4n) is 4.16. The van der Waals surface area contributed by atoms with E-state index in [1.807, 2.05) is 49.4 Å². The molecule has 1 N–H and O–H groups in total. The number of para-hydroxylation sites is 1. The van der Waals surface area contributed by atoms with Gasteiger partial charge in [-0.25, -0.2) is 8.42 Å². The van der Waals surface area contributed by atoms with E-state index in [2.05, 4.69) is 15.9 Å². The van der Waals surface area contributed by atoms with Crippen molar-refractivity contribution < 1.29 is 23.0 Å². The Bertz CT molecular complexity index is 1120. The highest BCUT2D eigenvalue weighted by molar-refractivity contribution is 9.10. The Balaban J connectivity index is 1.47. The van der Waals surface area contributed by atoms with Gasteiger partial charge < -0.3 is 14.6 Å². The second kappa shape index (κ2) is 9.18. The molecule has 2 aromatic rings. The molecule has 31 heavy (non-hydrogen) atoms. The predicted octanol–water partition coefficient (Wildman–Crippen LogP) is 4.91. The van der Waals surface area contributed by atoms with E-state index >= 15 is 0 Å². The molecule has 2 aliphatic rings. The molecule has 2 aromatic carbocycles. The molecule has 0 aromatic heterocycles. The van der Waals surface area contributed by atoms with E-state index in [-0.39, 0.29) is 30.8 Å². The van der Waals surface area contributed by atoms with Gasteiger partial charge in [0, 0.05) is 10.0 Å². The van der Waals surface area contributed by atoms with E-state index < -0.39 is 15.1 Å². The summed E-state index contributed by atoms with van der Waals surface area (Å²) < 4.78 is 37.9. The summed E-state index contributed by atoms with van der Waals surface area (Å²) in [5, 5.41) is 9.50. The lowest BCUT2D eigenvalue weighted by Crippen LogP contribution is -2.19. The molecule has 5 nitrogen and oxygen atoms in total.